The van der Waals surface area contributed by atoms with Gasteiger partial charge in [0.1, 0.15) is 5.75 Å². The van der Waals surface area contributed by atoms with E-state index in [9.17, 15) is 4.79 Å². The number of benzene rings is 2. The Bertz CT molecular complexity index is 809. The van der Waals surface area contributed by atoms with Crippen LogP contribution in [0.2, 0.25) is 5.02 Å². The van der Waals surface area contributed by atoms with Crippen LogP contribution >= 0.6 is 11.6 Å². The van der Waals surface area contributed by atoms with Crippen LogP contribution in [0.3, 0.4) is 0 Å². The molecular formula is C21H27ClN4O2. The van der Waals surface area contributed by atoms with Crippen molar-refractivity contribution >= 4 is 23.5 Å². The van der Waals surface area contributed by atoms with Crippen molar-refractivity contribution in [2.45, 2.75) is 19.5 Å². The summed E-state index contributed by atoms with van der Waals surface area (Å²) in [6, 6.07) is 15.6. The van der Waals surface area contributed by atoms with Gasteiger partial charge in [-0.15, -0.1) is 0 Å². The number of aliphatic imine (C=N–C) groups is 1. The Hall–Kier alpha value is -2.73. The van der Waals surface area contributed by atoms with Gasteiger partial charge in [0.25, 0.3) is 0 Å². The largest absolute Gasteiger partial charge is 0.495 e. The van der Waals surface area contributed by atoms with Gasteiger partial charge in [-0.1, -0.05) is 48.0 Å². The Labute approximate surface area is 171 Å². The average Bonchev–Trinajstić information content (AvgIpc) is 2.70. The lowest BCUT2D eigenvalue weighted by atomic mass is 10.1. The smallest absolute Gasteiger partial charge is 0.241 e. The van der Waals surface area contributed by atoms with Gasteiger partial charge < -0.3 is 20.3 Å². The van der Waals surface area contributed by atoms with Gasteiger partial charge in [-0.2, -0.15) is 0 Å². The summed E-state index contributed by atoms with van der Waals surface area (Å²) in [5.41, 5.74) is 2.07. The van der Waals surface area contributed by atoms with E-state index in [1.807, 2.05) is 55.5 Å². The topological polar surface area (TPSA) is 66.0 Å². The van der Waals surface area contributed by atoms with Crippen molar-refractivity contribution in [1.29, 1.82) is 0 Å². The number of hydrogen-bond donors (Lipinski definition) is 2. The molecule has 150 valence electrons. The minimum Gasteiger partial charge on any atom is -0.495 e. The molecule has 2 aromatic rings. The third kappa shape index (κ3) is 6.46. The van der Waals surface area contributed by atoms with Crippen LogP contribution < -0.4 is 15.4 Å². The predicted octanol–water partition coefficient (Wildman–Crippen LogP) is 3.23. The highest BCUT2D eigenvalue weighted by atomic mass is 35.5. The van der Waals surface area contributed by atoms with Gasteiger partial charge >= 0.3 is 0 Å². The van der Waals surface area contributed by atoms with E-state index in [1.165, 1.54) is 4.90 Å². The van der Waals surface area contributed by atoms with Crippen LogP contribution in [0.25, 0.3) is 0 Å². The number of carbonyl (C=O) groups excluding carboxylic acids is 1. The third-order valence-electron chi connectivity index (χ3n) is 4.19. The number of rotatable bonds is 7. The maximum atomic E-state index is 11.9. The molecule has 2 aromatic carbocycles. The lowest BCUT2D eigenvalue weighted by molar-refractivity contribution is -0.127. The van der Waals surface area contributed by atoms with Gasteiger partial charge in [0.15, 0.2) is 5.96 Å². The van der Waals surface area contributed by atoms with Gasteiger partial charge in [0.05, 0.1) is 31.3 Å². The van der Waals surface area contributed by atoms with Crippen molar-refractivity contribution in [3.8, 4) is 5.75 Å². The van der Waals surface area contributed by atoms with Crippen LogP contribution in [0.5, 0.6) is 5.75 Å². The highest BCUT2D eigenvalue weighted by molar-refractivity contribution is 6.32. The zero-order valence-corrected chi connectivity index (χ0v) is 17.5. The van der Waals surface area contributed by atoms with Crippen molar-refractivity contribution < 1.29 is 9.53 Å². The first-order chi connectivity index (χ1) is 13.4. The molecule has 1 atom stereocenters. The summed E-state index contributed by atoms with van der Waals surface area (Å²) in [7, 11) is 5.03. The second kappa shape index (κ2) is 10.6. The maximum absolute atomic E-state index is 11.9. The number of ether oxygens (including phenoxy) is 1. The highest BCUT2D eigenvalue weighted by Gasteiger charge is 2.10. The number of guanidine groups is 1. The number of carbonyl (C=O) groups is 1. The van der Waals surface area contributed by atoms with E-state index in [1.54, 1.807) is 21.2 Å². The Morgan fingerprint density at radius 2 is 1.93 bits per heavy atom. The van der Waals surface area contributed by atoms with Crippen LogP contribution in [-0.4, -0.2) is 44.5 Å². The zero-order valence-electron chi connectivity index (χ0n) is 16.7. The van der Waals surface area contributed by atoms with Crippen LogP contribution in [0.15, 0.2) is 53.5 Å². The van der Waals surface area contributed by atoms with E-state index < -0.39 is 0 Å². The molecule has 0 fully saturated rings. The minimum atomic E-state index is -0.0330. The average molecular weight is 403 g/mol. The molecule has 0 aromatic heterocycles. The lowest BCUT2D eigenvalue weighted by Gasteiger charge is -2.19. The fourth-order valence-corrected chi connectivity index (χ4v) is 2.76. The number of halogens is 1. The molecule has 6 nitrogen and oxygen atoms in total. The van der Waals surface area contributed by atoms with E-state index in [0.717, 1.165) is 11.1 Å². The van der Waals surface area contributed by atoms with Crippen LogP contribution in [0.4, 0.5) is 0 Å². The second-order valence-electron chi connectivity index (χ2n) is 6.55. The Kier molecular flexibility index (Phi) is 8.14. The Morgan fingerprint density at radius 1 is 1.21 bits per heavy atom. The number of nitrogens with zero attached hydrogens (tertiary/aromatic N) is 2. The summed E-state index contributed by atoms with van der Waals surface area (Å²) >= 11 is 6.19. The molecule has 0 spiro atoms. The summed E-state index contributed by atoms with van der Waals surface area (Å²) in [6.07, 6.45) is 0. The van der Waals surface area contributed by atoms with Crippen molar-refractivity contribution in [1.82, 2.24) is 15.5 Å². The Morgan fingerprint density at radius 3 is 2.54 bits per heavy atom. The van der Waals surface area contributed by atoms with Crippen molar-refractivity contribution in [3.63, 3.8) is 0 Å². The van der Waals surface area contributed by atoms with Gasteiger partial charge in [0.2, 0.25) is 5.91 Å². The quantitative estimate of drug-likeness (QED) is 0.551. The normalized spacial score (nSPS) is 12.2. The molecule has 0 heterocycles. The molecule has 1 amide bonds. The molecule has 0 aliphatic heterocycles. The predicted molar refractivity (Wildman–Crippen MR) is 114 cm³/mol. The number of methoxy groups -OCH3 is 1. The zero-order chi connectivity index (χ0) is 20.5. The van der Waals surface area contributed by atoms with Gasteiger partial charge in [0, 0.05) is 14.1 Å². The minimum absolute atomic E-state index is 0.0290. The molecule has 7 heteroatoms. The number of amides is 1. The van der Waals surface area contributed by atoms with E-state index in [0.29, 0.717) is 23.3 Å². The van der Waals surface area contributed by atoms with Crippen LogP contribution in [-0.2, 0) is 11.3 Å². The molecule has 2 N–H and O–H groups in total. The summed E-state index contributed by atoms with van der Waals surface area (Å²) in [5.74, 6) is 1.15. The first-order valence-corrected chi connectivity index (χ1v) is 9.41. The molecule has 2 rings (SSSR count). The second-order valence-corrected chi connectivity index (χ2v) is 6.96. The highest BCUT2D eigenvalue weighted by Crippen LogP contribution is 2.25. The summed E-state index contributed by atoms with van der Waals surface area (Å²) in [5, 5.41) is 6.98. The monoisotopic (exact) mass is 402 g/mol. The molecule has 0 aliphatic rings. The van der Waals surface area contributed by atoms with Gasteiger partial charge in [-0.05, 0) is 30.2 Å². The van der Waals surface area contributed by atoms with Gasteiger partial charge in [-0.3, -0.25) is 4.79 Å². The molecule has 0 saturated carbocycles. The first-order valence-electron chi connectivity index (χ1n) is 9.03. The fourth-order valence-electron chi connectivity index (χ4n) is 2.48. The van der Waals surface area contributed by atoms with Crippen molar-refractivity contribution in [2.24, 2.45) is 4.99 Å². The maximum Gasteiger partial charge on any atom is 0.241 e. The summed E-state index contributed by atoms with van der Waals surface area (Å²) in [6.45, 7) is 2.62. The van der Waals surface area contributed by atoms with E-state index in [2.05, 4.69) is 15.6 Å². The fraction of sp³-hybridized carbons (Fsp3) is 0.333. The molecule has 0 aliphatic carbocycles. The molecule has 28 heavy (non-hydrogen) atoms. The summed E-state index contributed by atoms with van der Waals surface area (Å²) < 4.78 is 5.18. The number of nitrogens with one attached hydrogen (secondary N) is 2. The molecule has 0 saturated heterocycles. The third-order valence-corrected chi connectivity index (χ3v) is 4.49. The van der Waals surface area contributed by atoms with Crippen molar-refractivity contribution in [2.75, 3.05) is 27.7 Å². The summed E-state index contributed by atoms with van der Waals surface area (Å²) in [4.78, 5) is 18.1. The molecule has 0 bridgehead atoms. The standard InChI is InChI=1S/C21H27ClN4O2/c1-15(17-8-6-5-7-9-17)25-21(24-14-20(27)26(2)3)23-13-16-10-11-19(28-4)18(22)12-16/h5-12,15H,13-14H2,1-4H3,(H2,23,24,25). The van der Waals surface area contributed by atoms with Crippen molar-refractivity contribution in [3.05, 3.63) is 64.7 Å². The van der Waals surface area contributed by atoms with Crippen LogP contribution in [0, 0.1) is 0 Å². The van der Waals surface area contributed by atoms with E-state index in [4.69, 9.17) is 16.3 Å². The van der Waals surface area contributed by atoms with Crippen LogP contribution in [0.1, 0.15) is 24.1 Å². The first kappa shape index (κ1) is 21.6. The van der Waals surface area contributed by atoms with Gasteiger partial charge in [-0.25, -0.2) is 4.99 Å². The van der Waals surface area contributed by atoms with E-state index in [-0.39, 0.29) is 18.5 Å². The Balaban J connectivity index is 2.13. The molecule has 1 unspecified atom stereocenters. The van der Waals surface area contributed by atoms with E-state index >= 15 is 0 Å². The number of hydrogen-bond acceptors (Lipinski definition) is 3. The molecular weight excluding hydrogens is 376 g/mol. The molecule has 0 radical (unpaired) electrons. The number of likely N-dealkylation sites (N-methyl/N-ethyl adjacent to an activating group) is 1. The SMILES string of the molecule is COc1ccc(CN=C(NCC(=O)N(C)C)NC(C)c2ccccc2)cc1Cl. The lowest BCUT2D eigenvalue weighted by Crippen LogP contribution is -2.43.